The minimum Gasteiger partial charge on any atom is -0.454 e. The van der Waals surface area contributed by atoms with Gasteiger partial charge in [0, 0.05) is 0 Å². The fraction of sp³-hybridized carbons (Fsp3) is 0.0667. The van der Waals surface area contributed by atoms with Crippen molar-refractivity contribution in [1.29, 1.82) is 0 Å². The van der Waals surface area contributed by atoms with E-state index in [2.05, 4.69) is 10.2 Å². The van der Waals surface area contributed by atoms with Crippen molar-refractivity contribution in [2.24, 2.45) is 10.2 Å². The molecule has 0 spiro atoms. The molecule has 0 bridgehead atoms. The first-order valence-electron chi connectivity index (χ1n) is 5.93. The lowest BCUT2D eigenvalue weighted by molar-refractivity contribution is 0.174. The summed E-state index contributed by atoms with van der Waals surface area (Å²) in [5.41, 5.74) is 1.94. The number of benzene rings is 2. The first-order chi connectivity index (χ1) is 9.42. The first kappa shape index (κ1) is 11.5. The molecule has 3 rings (SSSR count). The maximum Gasteiger partial charge on any atom is 0.231 e. The zero-order valence-corrected chi connectivity index (χ0v) is 10.2. The predicted molar refractivity (Wildman–Crippen MR) is 74.2 cm³/mol. The molecule has 4 nitrogen and oxygen atoms in total. The number of hydrogen-bond acceptors (Lipinski definition) is 4. The summed E-state index contributed by atoms with van der Waals surface area (Å²) in [5, 5.41) is 8.01. The Morgan fingerprint density at radius 3 is 2.37 bits per heavy atom. The molecule has 0 saturated heterocycles. The van der Waals surface area contributed by atoms with E-state index in [1.807, 2.05) is 48.5 Å². The Balaban J connectivity index is 1.68. The summed E-state index contributed by atoms with van der Waals surface area (Å²) in [6.07, 6.45) is 3.39. The standard InChI is InChI=1S/C15H12N2O2/c1-2-4-12(5-3-1)9-16-17-10-13-6-7-14-15(8-13)19-11-18-14/h1-10H,11H2/b16-9-,17-10-. The van der Waals surface area contributed by atoms with E-state index in [0.717, 1.165) is 22.6 Å². The fourth-order valence-electron chi connectivity index (χ4n) is 1.73. The van der Waals surface area contributed by atoms with Crippen LogP contribution >= 0.6 is 0 Å². The van der Waals surface area contributed by atoms with Crippen LogP contribution in [0.5, 0.6) is 11.5 Å². The highest BCUT2D eigenvalue weighted by Crippen LogP contribution is 2.31. The lowest BCUT2D eigenvalue weighted by atomic mass is 10.2. The third-order valence-corrected chi connectivity index (χ3v) is 2.68. The van der Waals surface area contributed by atoms with E-state index in [1.165, 1.54) is 0 Å². The molecule has 2 aromatic rings. The molecular weight excluding hydrogens is 240 g/mol. The molecule has 19 heavy (non-hydrogen) atoms. The van der Waals surface area contributed by atoms with Gasteiger partial charge in [-0.2, -0.15) is 10.2 Å². The second-order valence-corrected chi connectivity index (χ2v) is 4.01. The Bertz CT molecular complexity index is 621. The predicted octanol–water partition coefficient (Wildman–Crippen LogP) is 2.87. The highest BCUT2D eigenvalue weighted by atomic mass is 16.7. The Kier molecular flexibility index (Phi) is 3.23. The molecule has 1 aliphatic heterocycles. The molecule has 2 aromatic carbocycles. The molecular formula is C15H12N2O2. The van der Waals surface area contributed by atoms with Crippen LogP contribution in [0.1, 0.15) is 11.1 Å². The summed E-state index contributed by atoms with van der Waals surface area (Å²) in [6, 6.07) is 15.5. The summed E-state index contributed by atoms with van der Waals surface area (Å²) in [6.45, 7) is 0.280. The van der Waals surface area contributed by atoms with Gasteiger partial charge in [-0.15, -0.1) is 0 Å². The van der Waals surface area contributed by atoms with Crippen molar-refractivity contribution in [2.45, 2.75) is 0 Å². The van der Waals surface area contributed by atoms with Crippen molar-refractivity contribution in [1.82, 2.24) is 0 Å². The van der Waals surface area contributed by atoms with Crippen LogP contribution in [0, 0.1) is 0 Å². The van der Waals surface area contributed by atoms with E-state index in [-0.39, 0.29) is 6.79 Å². The molecule has 0 saturated carbocycles. The van der Waals surface area contributed by atoms with Crippen LogP contribution in [0.4, 0.5) is 0 Å². The summed E-state index contributed by atoms with van der Waals surface area (Å²) in [7, 11) is 0. The van der Waals surface area contributed by atoms with Gasteiger partial charge in [0.25, 0.3) is 0 Å². The van der Waals surface area contributed by atoms with E-state index in [4.69, 9.17) is 9.47 Å². The van der Waals surface area contributed by atoms with Crippen molar-refractivity contribution >= 4 is 12.4 Å². The second kappa shape index (κ2) is 5.35. The Hall–Kier alpha value is -2.62. The Labute approximate surface area is 111 Å². The number of fused-ring (bicyclic) bond motifs is 1. The maximum atomic E-state index is 5.29. The van der Waals surface area contributed by atoms with Gasteiger partial charge in [0.1, 0.15) is 0 Å². The van der Waals surface area contributed by atoms with Gasteiger partial charge in [-0.05, 0) is 29.3 Å². The van der Waals surface area contributed by atoms with Crippen LogP contribution in [0.15, 0.2) is 58.7 Å². The normalized spacial score (nSPS) is 13.5. The summed E-state index contributed by atoms with van der Waals surface area (Å²) in [5.74, 6) is 1.51. The largest absolute Gasteiger partial charge is 0.454 e. The number of nitrogens with zero attached hydrogens (tertiary/aromatic N) is 2. The molecule has 0 aliphatic carbocycles. The van der Waals surface area contributed by atoms with E-state index in [1.54, 1.807) is 12.4 Å². The molecule has 0 aromatic heterocycles. The number of hydrogen-bond donors (Lipinski definition) is 0. The molecule has 1 aliphatic rings. The number of ether oxygens (including phenoxy) is 2. The Morgan fingerprint density at radius 2 is 1.53 bits per heavy atom. The highest BCUT2D eigenvalue weighted by molar-refractivity contribution is 5.83. The van der Waals surface area contributed by atoms with Gasteiger partial charge in [-0.25, -0.2) is 0 Å². The molecule has 1 heterocycles. The van der Waals surface area contributed by atoms with Gasteiger partial charge in [0.05, 0.1) is 12.4 Å². The third-order valence-electron chi connectivity index (χ3n) is 2.68. The first-order valence-corrected chi connectivity index (χ1v) is 5.93. The van der Waals surface area contributed by atoms with Crippen LogP contribution in [-0.2, 0) is 0 Å². The van der Waals surface area contributed by atoms with Crippen LogP contribution in [0.3, 0.4) is 0 Å². The lowest BCUT2D eigenvalue weighted by Gasteiger charge is -1.95. The monoisotopic (exact) mass is 252 g/mol. The average Bonchev–Trinajstić information content (AvgIpc) is 2.92. The molecule has 94 valence electrons. The maximum absolute atomic E-state index is 5.29. The van der Waals surface area contributed by atoms with Crippen LogP contribution in [0.25, 0.3) is 0 Å². The summed E-state index contributed by atoms with van der Waals surface area (Å²) in [4.78, 5) is 0. The molecule has 4 heteroatoms. The SMILES string of the molecule is C(=N/N=C\c1ccc2c(c1)OCO2)/c1ccccc1. The number of rotatable bonds is 3. The molecule has 0 fully saturated rings. The zero-order valence-electron chi connectivity index (χ0n) is 10.2. The summed E-state index contributed by atoms with van der Waals surface area (Å²) >= 11 is 0. The molecule has 0 radical (unpaired) electrons. The highest BCUT2D eigenvalue weighted by Gasteiger charge is 2.12. The van der Waals surface area contributed by atoms with Crippen molar-refractivity contribution < 1.29 is 9.47 Å². The third kappa shape index (κ3) is 2.80. The minimum absolute atomic E-state index is 0.280. The molecule has 0 amide bonds. The van der Waals surface area contributed by atoms with Crippen LogP contribution in [0.2, 0.25) is 0 Å². The van der Waals surface area contributed by atoms with Gasteiger partial charge in [-0.1, -0.05) is 30.3 Å². The van der Waals surface area contributed by atoms with Crippen molar-refractivity contribution in [3.63, 3.8) is 0 Å². The average molecular weight is 252 g/mol. The zero-order chi connectivity index (χ0) is 12.9. The fourth-order valence-corrected chi connectivity index (χ4v) is 1.73. The lowest BCUT2D eigenvalue weighted by Crippen LogP contribution is -1.92. The van der Waals surface area contributed by atoms with Gasteiger partial charge < -0.3 is 9.47 Å². The quantitative estimate of drug-likeness (QED) is 0.622. The van der Waals surface area contributed by atoms with Crippen molar-refractivity contribution in [2.75, 3.05) is 6.79 Å². The van der Waals surface area contributed by atoms with E-state index in [0.29, 0.717) is 0 Å². The molecule has 0 unspecified atom stereocenters. The molecule has 0 N–H and O–H groups in total. The van der Waals surface area contributed by atoms with E-state index in [9.17, 15) is 0 Å². The Morgan fingerprint density at radius 1 is 0.789 bits per heavy atom. The van der Waals surface area contributed by atoms with E-state index < -0.39 is 0 Å². The van der Waals surface area contributed by atoms with Crippen LogP contribution < -0.4 is 9.47 Å². The van der Waals surface area contributed by atoms with Crippen molar-refractivity contribution in [3.05, 3.63) is 59.7 Å². The van der Waals surface area contributed by atoms with Gasteiger partial charge >= 0.3 is 0 Å². The summed E-state index contributed by atoms with van der Waals surface area (Å²) < 4.78 is 10.5. The van der Waals surface area contributed by atoms with E-state index >= 15 is 0 Å². The smallest absolute Gasteiger partial charge is 0.231 e. The minimum atomic E-state index is 0.280. The second-order valence-electron chi connectivity index (χ2n) is 4.01. The van der Waals surface area contributed by atoms with Crippen LogP contribution in [-0.4, -0.2) is 19.2 Å². The van der Waals surface area contributed by atoms with Gasteiger partial charge in [-0.3, -0.25) is 0 Å². The topological polar surface area (TPSA) is 43.2 Å². The van der Waals surface area contributed by atoms with Crippen molar-refractivity contribution in [3.8, 4) is 11.5 Å². The molecule has 0 atom stereocenters. The van der Waals surface area contributed by atoms with Gasteiger partial charge in [0.2, 0.25) is 6.79 Å². The van der Waals surface area contributed by atoms with Gasteiger partial charge in [0.15, 0.2) is 11.5 Å².